The van der Waals surface area contributed by atoms with Crippen LogP contribution in [0.4, 0.5) is 10.1 Å². The zero-order valence-corrected chi connectivity index (χ0v) is 9.46. The molecule has 1 aromatic heterocycles. The zero-order valence-electron chi connectivity index (χ0n) is 9.46. The predicted octanol–water partition coefficient (Wildman–Crippen LogP) is 1.40. The largest absolute Gasteiger partial charge is 0.323 e. The molecule has 2 N–H and O–H groups in total. The Morgan fingerprint density at radius 1 is 1.62 bits per heavy atom. The Labute approximate surface area is 94.3 Å². The fourth-order valence-electron chi connectivity index (χ4n) is 1.19. The molecule has 0 fully saturated rings. The second-order valence-electron chi connectivity index (χ2n) is 3.55. The van der Waals surface area contributed by atoms with Gasteiger partial charge in [-0.25, -0.2) is 4.39 Å². The van der Waals surface area contributed by atoms with E-state index >= 15 is 0 Å². The number of pyridine rings is 1. The molecule has 0 bridgehead atoms. The summed E-state index contributed by atoms with van der Waals surface area (Å²) in [6, 6.07) is 1.44. The van der Waals surface area contributed by atoms with Crippen LogP contribution in [0.25, 0.3) is 0 Å². The fraction of sp³-hybridized carbons (Fsp3) is 0.455. The van der Waals surface area contributed by atoms with Crippen LogP contribution in [0.2, 0.25) is 0 Å². The predicted molar refractivity (Wildman–Crippen MR) is 60.5 cm³/mol. The summed E-state index contributed by atoms with van der Waals surface area (Å²) in [5.41, 5.74) is 0.170. The quantitative estimate of drug-likeness (QED) is 0.796. The number of halogens is 1. The highest BCUT2D eigenvalue weighted by molar-refractivity contribution is 5.92. The lowest BCUT2D eigenvalue weighted by molar-refractivity contribution is -0.119. The maximum absolute atomic E-state index is 13.2. The van der Waals surface area contributed by atoms with E-state index in [0.29, 0.717) is 6.54 Å². The van der Waals surface area contributed by atoms with E-state index in [0.717, 1.165) is 12.7 Å². The van der Waals surface area contributed by atoms with Crippen molar-refractivity contribution in [2.24, 2.45) is 5.92 Å². The average Bonchev–Trinajstić information content (AvgIpc) is 2.28. The number of amides is 1. The molecule has 1 aromatic rings. The molecule has 0 aliphatic rings. The van der Waals surface area contributed by atoms with Gasteiger partial charge in [-0.15, -0.1) is 0 Å². The van der Waals surface area contributed by atoms with Crippen molar-refractivity contribution in [3.63, 3.8) is 0 Å². The monoisotopic (exact) mass is 225 g/mol. The van der Waals surface area contributed by atoms with Crippen LogP contribution < -0.4 is 10.6 Å². The van der Waals surface area contributed by atoms with Crippen molar-refractivity contribution in [1.29, 1.82) is 0 Å². The lowest BCUT2D eigenvalue weighted by atomic mass is 10.1. The van der Waals surface area contributed by atoms with Gasteiger partial charge < -0.3 is 10.6 Å². The van der Waals surface area contributed by atoms with Crippen LogP contribution >= 0.6 is 0 Å². The number of hydrogen-bond acceptors (Lipinski definition) is 3. The fourth-order valence-corrected chi connectivity index (χ4v) is 1.19. The molecule has 0 aliphatic heterocycles. The number of nitrogens with one attached hydrogen (secondary N) is 2. The number of nitrogens with zero attached hydrogens (tertiary/aromatic N) is 1. The number of hydrogen-bond donors (Lipinski definition) is 2. The Morgan fingerprint density at radius 2 is 2.38 bits per heavy atom. The van der Waals surface area contributed by atoms with Gasteiger partial charge in [0.2, 0.25) is 5.91 Å². The van der Waals surface area contributed by atoms with Gasteiger partial charge in [-0.05, 0) is 12.6 Å². The highest BCUT2D eigenvalue weighted by atomic mass is 19.1. The maximum Gasteiger partial charge on any atom is 0.228 e. The number of aromatic nitrogens is 1. The van der Waals surface area contributed by atoms with Gasteiger partial charge in [-0.2, -0.15) is 0 Å². The van der Waals surface area contributed by atoms with Gasteiger partial charge in [-0.1, -0.05) is 13.8 Å². The molecule has 16 heavy (non-hydrogen) atoms. The van der Waals surface area contributed by atoms with E-state index in [1.54, 1.807) is 6.92 Å². The topological polar surface area (TPSA) is 54.0 Å². The van der Waals surface area contributed by atoms with Crippen LogP contribution in [-0.4, -0.2) is 24.0 Å². The molecule has 0 aromatic carbocycles. The first-order valence-electron chi connectivity index (χ1n) is 5.26. The van der Waals surface area contributed by atoms with E-state index in [9.17, 15) is 9.18 Å². The van der Waals surface area contributed by atoms with Gasteiger partial charge in [0.1, 0.15) is 0 Å². The molecule has 0 radical (unpaired) electrons. The normalized spacial score (nSPS) is 12.2. The molecular formula is C11H16FN3O. The standard InChI is InChI=1S/C11H16FN3O/c1-3-13-6-8(2)11(16)15-10-4-5-14-7-9(10)12/h4-5,7-8,13H,3,6H2,1-2H3,(H,14,15,16). The minimum Gasteiger partial charge on any atom is -0.323 e. The summed E-state index contributed by atoms with van der Waals surface area (Å²) in [5, 5.41) is 5.59. The number of carbonyl (C=O) groups excluding carboxylic acids is 1. The lowest BCUT2D eigenvalue weighted by Gasteiger charge is -2.12. The third-order valence-corrected chi connectivity index (χ3v) is 2.18. The van der Waals surface area contributed by atoms with E-state index in [-0.39, 0.29) is 17.5 Å². The Balaban J connectivity index is 2.54. The highest BCUT2D eigenvalue weighted by Crippen LogP contribution is 2.11. The molecule has 1 amide bonds. The average molecular weight is 225 g/mol. The number of rotatable bonds is 5. The van der Waals surface area contributed by atoms with E-state index in [4.69, 9.17) is 0 Å². The molecule has 1 unspecified atom stereocenters. The summed E-state index contributed by atoms with van der Waals surface area (Å²) in [6.45, 7) is 5.14. The molecule has 0 aliphatic carbocycles. The third-order valence-electron chi connectivity index (χ3n) is 2.18. The van der Waals surface area contributed by atoms with Crippen LogP contribution in [0.5, 0.6) is 0 Å². The van der Waals surface area contributed by atoms with Gasteiger partial charge >= 0.3 is 0 Å². The van der Waals surface area contributed by atoms with Gasteiger partial charge in [0.25, 0.3) is 0 Å². The van der Waals surface area contributed by atoms with Crippen molar-refractivity contribution in [1.82, 2.24) is 10.3 Å². The molecule has 5 heteroatoms. The minimum atomic E-state index is -0.522. The Bertz CT molecular complexity index is 357. The van der Waals surface area contributed by atoms with E-state index in [1.807, 2.05) is 6.92 Å². The summed E-state index contributed by atoms with van der Waals surface area (Å²) in [5.74, 6) is -0.926. The molecule has 0 spiro atoms. The van der Waals surface area contributed by atoms with Crippen LogP contribution in [-0.2, 0) is 4.79 Å². The van der Waals surface area contributed by atoms with Crippen LogP contribution in [0.15, 0.2) is 18.5 Å². The van der Waals surface area contributed by atoms with Crippen LogP contribution in [0.3, 0.4) is 0 Å². The summed E-state index contributed by atoms with van der Waals surface area (Å²) < 4.78 is 13.2. The Hall–Kier alpha value is -1.49. The number of carbonyl (C=O) groups is 1. The summed E-state index contributed by atoms with van der Waals surface area (Å²) in [6.07, 6.45) is 2.51. The van der Waals surface area contributed by atoms with Gasteiger partial charge in [0.15, 0.2) is 5.82 Å². The highest BCUT2D eigenvalue weighted by Gasteiger charge is 2.13. The Kier molecular flexibility index (Phi) is 4.85. The van der Waals surface area contributed by atoms with Gasteiger partial charge in [0.05, 0.1) is 11.9 Å². The molecule has 0 saturated heterocycles. The molecule has 4 nitrogen and oxygen atoms in total. The second kappa shape index (κ2) is 6.17. The van der Waals surface area contributed by atoms with Crippen molar-refractivity contribution in [2.45, 2.75) is 13.8 Å². The van der Waals surface area contributed by atoms with Crippen molar-refractivity contribution < 1.29 is 9.18 Å². The smallest absolute Gasteiger partial charge is 0.228 e. The lowest BCUT2D eigenvalue weighted by Crippen LogP contribution is -2.30. The van der Waals surface area contributed by atoms with Gasteiger partial charge in [0, 0.05) is 18.7 Å². The van der Waals surface area contributed by atoms with Gasteiger partial charge in [-0.3, -0.25) is 9.78 Å². The van der Waals surface area contributed by atoms with E-state index in [1.165, 1.54) is 12.3 Å². The van der Waals surface area contributed by atoms with Crippen LogP contribution in [0.1, 0.15) is 13.8 Å². The first-order chi connectivity index (χ1) is 7.65. The second-order valence-corrected chi connectivity index (χ2v) is 3.55. The van der Waals surface area contributed by atoms with E-state index in [2.05, 4.69) is 15.6 Å². The van der Waals surface area contributed by atoms with E-state index < -0.39 is 5.82 Å². The van der Waals surface area contributed by atoms with Crippen molar-refractivity contribution in [3.8, 4) is 0 Å². The summed E-state index contributed by atoms with van der Waals surface area (Å²) in [4.78, 5) is 15.2. The van der Waals surface area contributed by atoms with Crippen molar-refractivity contribution in [2.75, 3.05) is 18.4 Å². The zero-order chi connectivity index (χ0) is 12.0. The molecule has 0 saturated carbocycles. The molecule has 1 heterocycles. The number of anilines is 1. The Morgan fingerprint density at radius 3 is 3.00 bits per heavy atom. The minimum absolute atomic E-state index is 0.170. The maximum atomic E-state index is 13.2. The SMILES string of the molecule is CCNCC(C)C(=O)Nc1ccncc1F. The molecular weight excluding hydrogens is 209 g/mol. The third kappa shape index (κ3) is 3.58. The summed E-state index contributed by atoms with van der Waals surface area (Å²) >= 11 is 0. The molecule has 88 valence electrons. The molecule has 1 rings (SSSR count). The van der Waals surface area contributed by atoms with Crippen molar-refractivity contribution >= 4 is 11.6 Å². The molecule has 1 atom stereocenters. The van der Waals surface area contributed by atoms with Crippen LogP contribution in [0, 0.1) is 11.7 Å². The first-order valence-corrected chi connectivity index (χ1v) is 5.26. The first kappa shape index (κ1) is 12.6. The van der Waals surface area contributed by atoms with Crippen molar-refractivity contribution in [3.05, 3.63) is 24.3 Å². The summed E-state index contributed by atoms with van der Waals surface area (Å²) in [7, 11) is 0.